The van der Waals surface area contributed by atoms with Crippen LogP contribution in [0.1, 0.15) is 245 Å². The molecule has 0 aromatic carbocycles. The summed E-state index contributed by atoms with van der Waals surface area (Å²) in [5.41, 5.74) is 0. The summed E-state index contributed by atoms with van der Waals surface area (Å²) in [5.74, 6) is -0.309. The zero-order valence-electron chi connectivity index (χ0n) is 38.1. The Bertz CT molecular complexity index is 858. The van der Waals surface area contributed by atoms with Crippen LogP contribution in [-0.2, 0) is 23.7 Å². The fourth-order valence-electron chi connectivity index (χ4n) is 8.08. The van der Waals surface area contributed by atoms with Gasteiger partial charge >= 0.3 is 5.97 Å². The first kappa shape index (κ1) is 55.2. The maximum atomic E-state index is 12.8. The van der Waals surface area contributed by atoms with Crippen molar-refractivity contribution in [3.05, 3.63) is 0 Å². The van der Waals surface area contributed by atoms with Crippen LogP contribution < -0.4 is 0 Å². The molecule has 1 heterocycles. The number of hydrogen-bond donors (Lipinski definition) is 4. The van der Waals surface area contributed by atoms with Gasteiger partial charge in [-0.15, -0.1) is 0 Å². The lowest BCUT2D eigenvalue weighted by atomic mass is 9.99. The van der Waals surface area contributed by atoms with Gasteiger partial charge in [-0.3, -0.25) is 4.79 Å². The monoisotopic (exact) mass is 829 g/mol. The Kier molecular flexibility index (Phi) is 39.5. The fraction of sp³-hybridized carbons (Fsp3) is 0.980. The number of carbonyl (C=O) groups is 1. The number of unbranched alkanes of at least 4 members (excludes halogenated alkanes) is 33. The van der Waals surface area contributed by atoms with Crippen LogP contribution in [0, 0.1) is 0 Å². The van der Waals surface area contributed by atoms with Crippen molar-refractivity contribution in [1.82, 2.24) is 0 Å². The third-order valence-corrected chi connectivity index (χ3v) is 12.0. The van der Waals surface area contributed by atoms with E-state index in [1.165, 1.54) is 193 Å². The van der Waals surface area contributed by atoms with Crippen LogP contribution in [0.25, 0.3) is 0 Å². The van der Waals surface area contributed by atoms with Crippen molar-refractivity contribution in [2.45, 2.75) is 282 Å². The van der Waals surface area contributed by atoms with Gasteiger partial charge in [0.15, 0.2) is 6.29 Å². The SMILES string of the molecule is CCCCCCCCCCCCCCCCCCCCCCCCCCOCC(COC1OC(CO)C(O)C(O)C1O)OC(=O)CCCCCCCCCCCCC. The Morgan fingerprint density at radius 1 is 0.483 bits per heavy atom. The number of rotatable bonds is 44. The maximum Gasteiger partial charge on any atom is 0.306 e. The molecule has 0 amide bonds. The Labute approximate surface area is 357 Å². The number of carbonyl (C=O) groups excluding carboxylic acids is 1. The molecule has 346 valence electrons. The molecule has 9 heteroatoms. The van der Waals surface area contributed by atoms with Crippen molar-refractivity contribution in [3.8, 4) is 0 Å². The predicted molar refractivity (Wildman–Crippen MR) is 238 cm³/mol. The van der Waals surface area contributed by atoms with Crippen LogP contribution in [0.2, 0.25) is 0 Å². The van der Waals surface area contributed by atoms with E-state index in [1.807, 2.05) is 0 Å². The van der Waals surface area contributed by atoms with Gasteiger partial charge in [0.2, 0.25) is 0 Å². The van der Waals surface area contributed by atoms with E-state index >= 15 is 0 Å². The van der Waals surface area contributed by atoms with E-state index in [9.17, 15) is 25.2 Å². The van der Waals surface area contributed by atoms with Gasteiger partial charge in [0, 0.05) is 13.0 Å². The summed E-state index contributed by atoms with van der Waals surface area (Å²) in [6.45, 7) is 4.61. The molecule has 1 aliphatic rings. The lowest BCUT2D eigenvalue weighted by Crippen LogP contribution is -2.59. The van der Waals surface area contributed by atoms with E-state index in [4.69, 9.17) is 18.9 Å². The van der Waals surface area contributed by atoms with Crippen molar-refractivity contribution in [3.63, 3.8) is 0 Å². The molecule has 0 aromatic rings. The molecular weight excluding hydrogens is 733 g/mol. The third kappa shape index (κ3) is 32.0. The normalized spacial score (nSPS) is 20.1. The zero-order valence-corrected chi connectivity index (χ0v) is 38.1. The summed E-state index contributed by atoms with van der Waals surface area (Å²) in [5, 5.41) is 40.1. The van der Waals surface area contributed by atoms with Gasteiger partial charge in [0.05, 0.1) is 19.8 Å². The van der Waals surface area contributed by atoms with E-state index < -0.39 is 43.4 Å². The van der Waals surface area contributed by atoms with Gasteiger partial charge in [0.1, 0.15) is 30.5 Å². The van der Waals surface area contributed by atoms with E-state index in [-0.39, 0.29) is 19.2 Å². The molecule has 0 aromatic heterocycles. The van der Waals surface area contributed by atoms with Crippen LogP contribution in [0.5, 0.6) is 0 Å². The molecule has 0 bridgehead atoms. The minimum Gasteiger partial charge on any atom is -0.457 e. The molecule has 58 heavy (non-hydrogen) atoms. The maximum absolute atomic E-state index is 12.8. The molecule has 6 atom stereocenters. The molecular formula is C49H96O9. The van der Waals surface area contributed by atoms with Crippen molar-refractivity contribution >= 4 is 5.97 Å². The van der Waals surface area contributed by atoms with E-state index in [2.05, 4.69) is 13.8 Å². The van der Waals surface area contributed by atoms with Crippen molar-refractivity contribution in [1.29, 1.82) is 0 Å². The highest BCUT2D eigenvalue weighted by Crippen LogP contribution is 2.23. The van der Waals surface area contributed by atoms with Gasteiger partial charge in [-0.05, 0) is 12.8 Å². The second kappa shape index (κ2) is 41.5. The van der Waals surface area contributed by atoms with E-state index in [0.29, 0.717) is 13.0 Å². The molecule has 0 aliphatic carbocycles. The number of aliphatic hydroxyl groups excluding tert-OH is 4. The zero-order chi connectivity index (χ0) is 42.2. The van der Waals surface area contributed by atoms with Crippen molar-refractivity contribution < 1.29 is 44.2 Å². The fourth-order valence-corrected chi connectivity index (χ4v) is 8.08. The van der Waals surface area contributed by atoms with Gasteiger partial charge in [0.25, 0.3) is 0 Å². The topological polar surface area (TPSA) is 135 Å². The highest BCUT2D eigenvalue weighted by Gasteiger charge is 2.44. The number of ether oxygens (including phenoxy) is 4. The smallest absolute Gasteiger partial charge is 0.306 e. The van der Waals surface area contributed by atoms with Gasteiger partial charge in [-0.25, -0.2) is 0 Å². The van der Waals surface area contributed by atoms with Gasteiger partial charge in [-0.2, -0.15) is 0 Å². The van der Waals surface area contributed by atoms with Crippen LogP contribution in [0.4, 0.5) is 0 Å². The summed E-state index contributed by atoms with van der Waals surface area (Å²) in [4.78, 5) is 12.8. The first-order valence-corrected chi connectivity index (χ1v) is 25.1. The lowest BCUT2D eigenvalue weighted by molar-refractivity contribution is -0.305. The van der Waals surface area contributed by atoms with Crippen molar-refractivity contribution in [2.75, 3.05) is 26.4 Å². The molecule has 6 unspecified atom stereocenters. The van der Waals surface area contributed by atoms with Crippen LogP contribution >= 0.6 is 0 Å². The molecule has 0 spiro atoms. The minimum atomic E-state index is -1.53. The second-order valence-corrected chi connectivity index (χ2v) is 17.6. The van der Waals surface area contributed by atoms with Crippen LogP contribution in [0.15, 0.2) is 0 Å². The van der Waals surface area contributed by atoms with Crippen LogP contribution in [0.3, 0.4) is 0 Å². The lowest BCUT2D eigenvalue weighted by Gasteiger charge is -2.39. The summed E-state index contributed by atoms with van der Waals surface area (Å²) in [6, 6.07) is 0. The molecule has 1 fully saturated rings. The summed E-state index contributed by atoms with van der Waals surface area (Å²) < 4.78 is 22.8. The number of hydrogen-bond acceptors (Lipinski definition) is 9. The Morgan fingerprint density at radius 3 is 1.22 bits per heavy atom. The van der Waals surface area contributed by atoms with Crippen molar-refractivity contribution in [2.24, 2.45) is 0 Å². The first-order valence-electron chi connectivity index (χ1n) is 25.1. The third-order valence-electron chi connectivity index (χ3n) is 12.0. The first-order chi connectivity index (χ1) is 28.4. The molecule has 9 nitrogen and oxygen atoms in total. The highest BCUT2D eigenvalue weighted by molar-refractivity contribution is 5.69. The Hall–Kier alpha value is -0.810. The Morgan fingerprint density at radius 2 is 0.845 bits per heavy atom. The predicted octanol–water partition coefficient (Wildman–Crippen LogP) is 11.8. The summed E-state index contributed by atoms with van der Waals surface area (Å²) in [6.07, 6.45) is 38.6. The largest absolute Gasteiger partial charge is 0.457 e. The molecule has 4 N–H and O–H groups in total. The standard InChI is InChI=1S/C49H96O9/c1-3-5-7-9-11-13-15-16-17-18-19-20-21-22-23-24-25-26-27-29-31-33-35-37-39-55-41-43(42-56-49-48(54)47(53)46(52)44(40-50)58-49)57-45(51)38-36-34-32-30-28-14-12-10-8-6-4-2/h43-44,46-50,52-54H,3-42H2,1-2H3. The molecule has 1 aliphatic heterocycles. The van der Waals surface area contributed by atoms with Crippen LogP contribution in [-0.4, -0.2) is 89.6 Å². The van der Waals surface area contributed by atoms with E-state index in [0.717, 1.165) is 32.1 Å². The summed E-state index contributed by atoms with van der Waals surface area (Å²) in [7, 11) is 0. The van der Waals surface area contributed by atoms with Gasteiger partial charge < -0.3 is 39.4 Å². The minimum absolute atomic E-state index is 0.105. The number of aliphatic hydroxyl groups is 4. The average Bonchev–Trinajstić information content (AvgIpc) is 3.22. The Balaban J connectivity index is 2.12. The van der Waals surface area contributed by atoms with E-state index in [1.54, 1.807) is 0 Å². The number of esters is 1. The highest BCUT2D eigenvalue weighted by atomic mass is 16.7. The van der Waals surface area contributed by atoms with Gasteiger partial charge in [-0.1, -0.05) is 226 Å². The molecule has 1 saturated heterocycles. The quantitative estimate of drug-likeness (QED) is 0.0350. The molecule has 0 radical (unpaired) electrons. The average molecular weight is 829 g/mol. The molecule has 0 saturated carbocycles. The second-order valence-electron chi connectivity index (χ2n) is 17.6. The summed E-state index contributed by atoms with van der Waals surface area (Å²) >= 11 is 0. The molecule has 1 rings (SSSR count).